The summed E-state index contributed by atoms with van der Waals surface area (Å²) in [6.45, 7) is 5.19. The summed E-state index contributed by atoms with van der Waals surface area (Å²) < 4.78 is 22.5. The molecule has 0 spiro atoms. The molecule has 5 heteroatoms. The highest BCUT2D eigenvalue weighted by Gasteiger charge is 2.22. The minimum Gasteiger partial charge on any atom is -0.330 e. The zero-order valence-electron chi connectivity index (χ0n) is 9.48. The first-order valence-electron chi connectivity index (χ1n) is 5.70. The summed E-state index contributed by atoms with van der Waals surface area (Å²) in [6, 6.07) is 0. The van der Waals surface area contributed by atoms with Crippen LogP contribution < -0.4 is 5.73 Å². The van der Waals surface area contributed by atoms with Gasteiger partial charge in [-0.1, -0.05) is 13.3 Å². The predicted molar refractivity (Wildman–Crippen MR) is 62.5 cm³/mol. The topological polar surface area (TPSA) is 63.4 Å². The average molecular weight is 234 g/mol. The van der Waals surface area contributed by atoms with Crippen molar-refractivity contribution in [2.24, 2.45) is 11.7 Å². The zero-order chi connectivity index (χ0) is 11.3. The van der Waals surface area contributed by atoms with E-state index in [0.717, 1.165) is 19.4 Å². The van der Waals surface area contributed by atoms with Gasteiger partial charge in [0, 0.05) is 19.6 Å². The minimum atomic E-state index is -2.74. The first-order valence-corrected chi connectivity index (χ1v) is 7.52. The van der Waals surface area contributed by atoms with Crippen molar-refractivity contribution < 1.29 is 8.42 Å². The molecule has 0 radical (unpaired) electrons. The van der Waals surface area contributed by atoms with Crippen LogP contribution in [0.15, 0.2) is 0 Å². The quantitative estimate of drug-likeness (QED) is 0.732. The lowest BCUT2D eigenvalue weighted by Gasteiger charge is -2.29. The smallest absolute Gasteiger partial charge is 0.152 e. The third-order valence-electron chi connectivity index (χ3n) is 2.98. The number of rotatable bonds is 5. The van der Waals surface area contributed by atoms with E-state index in [-0.39, 0.29) is 0 Å². The van der Waals surface area contributed by atoms with Crippen LogP contribution in [0.25, 0.3) is 0 Å². The Bertz CT molecular complexity index is 263. The average Bonchev–Trinajstić information content (AvgIpc) is 2.20. The standard InChI is InChI=1S/C10H22N2O2S/c1-2-3-10(8-11)9-12-4-6-15(13,14)7-5-12/h10H,2-9,11H2,1H3. The van der Waals surface area contributed by atoms with Crippen molar-refractivity contribution >= 4 is 9.84 Å². The van der Waals surface area contributed by atoms with Crippen molar-refractivity contribution in [1.29, 1.82) is 0 Å². The second-order valence-electron chi connectivity index (χ2n) is 4.34. The van der Waals surface area contributed by atoms with Gasteiger partial charge in [-0.3, -0.25) is 0 Å². The molecular weight excluding hydrogens is 212 g/mol. The Hall–Kier alpha value is -0.130. The molecule has 1 aliphatic heterocycles. The molecule has 1 heterocycles. The van der Waals surface area contributed by atoms with Crippen molar-refractivity contribution in [2.75, 3.05) is 37.7 Å². The first-order chi connectivity index (χ1) is 7.07. The van der Waals surface area contributed by atoms with Gasteiger partial charge < -0.3 is 10.6 Å². The molecule has 1 saturated heterocycles. The van der Waals surface area contributed by atoms with Gasteiger partial charge in [-0.2, -0.15) is 0 Å². The molecule has 0 amide bonds. The van der Waals surface area contributed by atoms with Crippen LogP contribution in [0, 0.1) is 5.92 Å². The lowest BCUT2D eigenvalue weighted by atomic mass is 10.0. The largest absolute Gasteiger partial charge is 0.330 e. The molecule has 1 unspecified atom stereocenters. The van der Waals surface area contributed by atoms with Crippen LogP contribution >= 0.6 is 0 Å². The predicted octanol–water partition coefficient (Wildman–Crippen LogP) is 0.0918. The molecule has 15 heavy (non-hydrogen) atoms. The molecule has 0 aromatic carbocycles. The summed E-state index contributed by atoms with van der Waals surface area (Å²) in [6.07, 6.45) is 2.29. The second kappa shape index (κ2) is 5.82. The number of hydrogen-bond donors (Lipinski definition) is 1. The molecule has 0 bridgehead atoms. The Balaban J connectivity index is 2.34. The molecular formula is C10H22N2O2S. The van der Waals surface area contributed by atoms with E-state index in [1.54, 1.807) is 0 Å². The summed E-state index contributed by atoms with van der Waals surface area (Å²) in [5.41, 5.74) is 5.68. The molecule has 0 aromatic rings. The molecule has 1 atom stereocenters. The third-order valence-corrected chi connectivity index (χ3v) is 4.59. The Morgan fingerprint density at radius 1 is 1.33 bits per heavy atom. The number of sulfone groups is 1. The highest BCUT2D eigenvalue weighted by atomic mass is 32.2. The van der Waals surface area contributed by atoms with Crippen molar-refractivity contribution in [3.8, 4) is 0 Å². The fourth-order valence-electron chi connectivity index (χ4n) is 1.99. The summed E-state index contributed by atoms with van der Waals surface area (Å²) in [5, 5.41) is 0. The highest BCUT2D eigenvalue weighted by molar-refractivity contribution is 7.91. The van der Waals surface area contributed by atoms with Gasteiger partial charge in [0.05, 0.1) is 11.5 Å². The molecule has 90 valence electrons. The van der Waals surface area contributed by atoms with Crippen molar-refractivity contribution in [3.05, 3.63) is 0 Å². The fraction of sp³-hybridized carbons (Fsp3) is 1.00. The molecule has 1 fully saturated rings. The van der Waals surface area contributed by atoms with Crippen molar-refractivity contribution in [1.82, 2.24) is 4.90 Å². The summed E-state index contributed by atoms with van der Waals surface area (Å²) in [4.78, 5) is 2.23. The van der Waals surface area contributed by atoms with Gasteiger partial charge in [-0.25, -0.2) is 8.42 Å². The maximum Gasteiger partial charge on any atom is 0.152 e. The van der Waals surface area contributed by atoms with E-state index in [9.17, 15) is 8.42 Å². The van der Waals surface area contributed by atoms with Gasteiger partial charge in [0.2, 0.25) is 0 Å². The number of hydrogen-bond acceptors (Lipinski definition) is 4. The Morgan fingerprint density at radius 2 is 1.93 bits per heavy atom. The molecule has 2 N–H and O–H groups in total. The summed E-state index contributed by atoms with van der Waals surface area (Å²) in [5.74, 6) is 1.16. The van der Waals surface area contributed by atoms with Gasteiger partial charge in [-0.15, -0.1) is 0 Å². The monoisotopic (exact) mass is 234 g/mol. The van der Waals surface area contributed by atoms with Crippen LogP contribution in [0.5, 0.6) is 0 Å². The first kappa shape index (κ1) is 12.9. The van der Waals surface area contributed by atoms with Crippen LogP contribution in [-0.4, -0.2) is 51.0 Å². The van der Waals surface area contributed by atoms with Crippen LogP contribution in [0.4, 0.5) is 0 Å². The SMILES string of the molecule is CCCC(CN)CN1CCS(=O)(=O)CC1. The van der Waals surface area contributed by atoms with Gasteiger partial charge in [0.25, 0.3) is 0 Å². The molecule has 1 rings (SSSR count). The van der Waals surface area contributed by atoms with Crippen molar-refractivity contribution in [3.63, 3.8) is 0 Å². The van der Waals surface area contributed by atoms with E-state index < -0.39 is 9.84 Å². The van der Waals surface area contributed by atoms with Gasteiger partial charge >= 0.3 is 0 Å². The molecule has 0 saturated carbocycles. The molecule has 4 nitrogen and oxygen atoms in total. The summed E-state index contributed by atoms with van der Waals surface area (Å²) >= 11 is 0. The van der Waals surface area contributed by atoms with E-state index in [4.69, 9.17) is 5.73 Å². The van der Waals surface area contributed by atoms with Crippen LogP contribution in [-0.2, 0) is 9.84 Å². The molecule has 0 aliphatic carbocycles. The van der Waals surface area contributed by atoms with Gasteiger partial charge in [0.15, 0.2) is 9.84 Å². The normalized spacial score (nSPS) is 23.9. The van der Waals surface area contributed by atoms with Crippen LogP contribution in [0.3, 0.4) is 0 Å². The number of nitrogens with two attached hydrogens (primary N) is 1. The molecule has 0 aromatic heterocycles. The van der Waals surface area contributed by atoms with Crippen LogP contribution in [0.1, 0.15) is 19.8 Å². The van der Waals surface area contributed by atoms with E-state index >= 15 is 0 Å². The maximum absolute atomic E-state index is 11.2. The Morgan fingerprint density at radius 3 is 2.40 bits per heavy atom. The van der Waals surface area contributed by atoms with E-state index in [1.165, 1.54) is 0 Å². The molecule has 1 aliphatic rings. The van der Waals surface area contributed by atoms with E-state index in [1.807, 2.05) is 0 Å². The highest BCUT2D eigenvalue weighted by Crippen LogP contribution is 2.10. The lowest BCUT2D eigenvalue weighted by Crippen LogP contribution is -2.43. The zero-order valence-corrected chi connectivity index (χ0v) is 10.3. The van der Waals surface area contributed by atoms with Crippen LogP contribution in [0.2, 0.25) is 0 Å². The third kappa shape index (κ3) is 4.49. The van der Waals surface area contributed by atoms with E-state index in [2.05, 4.69) is 11.8 Å². The summed E-state index contributed by atoms with van der Waals surface area (Å²) in [7, 11) is -2.74. The van der Waals surface area contributed by atoms with Gasteiger partial charge in [0.1, 0.15) is 0 Å². The minimum absolute atomic E-state index is 0.316. The van der Waals surface area contributed by atoms with Gasteiger partial charge in [-0.05, 0) is 18.9 Å². The number of nitrogens with zero attached hydrogens (tertiary/aromatic N) is 1. The fourth-order valence-corrected chi connectivity index (χ4v) is 3.27. The van der Waals surface area contributed by atoms with Crippen molar-refractivity contribution in [2.45, 2.75) is 19.8 Å². The Labute approximate surface area is 92.7 Å². The second-order valence-corrected chi connectivity index (χ2v) is 6.65. The van der Waals surface area contributed by atoms with E-state index in [0.29, 0.717) is 37.1 Å². The maximum atomic E-state index is 11.2. The lowest BCUT2D eigenvalue weighted by molar-refractivity contribution is 0.242. The Kier molecular flexibility index (Phi) is 5.02.